The third-order valence-electron chi connectivity index (χ3n) is 3.38. The minimum atomic E-state index is -0.381. The van der Waals surface area contributed by atoms with Crippen LogP contribution in [0.2, 0.25) is 0 Å². The van der Waals surface area contributed by atoms with Crippen molar-refractivity contribution in [1.29, 1.82) is 0 Å². The molecule has 0 aliphatic rings. The molecule has 0 bridgehead atoms. The Morgan fingerprint density at radius 2 is 2.22 bits per heavy atom. The average molecular weight is 332 g/mol. The molecule has 1 heterocycles. The highest BCUT2D eigenvalue weighted by Gasteiger charge is 2.11. The van der Waals surface area contributed by atoms with Gasteiger partial charge in [0.1, 0.15) is 0 Å². The second kappa shape index (κ2) is 7.87. The van der Waals surface area contributed by atoms with E-state index in [1.54, 1.807) is 18.2 Å². The second-order valence-corrected chi connectivity index (χ2v) is 6.08. The number of hydrogen-bond acceptors (Lipinski definition) is 4. The minimum Gasteiger partial charge on any atom is -0.465 e. The highest BCUT2D eigenvalue weighted by Crippen LogP contribution is 2.20. The van der Waals surface area contributed by atoms with Gasteiger partial charge in [-0.1, -0.05) is 30.8 Å². The van der Waals surface area contributed by atoms with Gasteiger partial charge in [0.05, 0.1) is 22.9 Å². The molecule has 0 atom stereocenters. The maximum absolute atomic E-state index is 12.0. The van der Waals surface area contributed by atoms with Crippen molar-refractivity contribution in [2.45, 2.75) is 32.7 Å². The summed E-state index contributed by atoms with van der Waals surface area (Å²) in [5.41, 5.74) is 1.40. The molecule has 0 unspecified atom stereocenters. The zero-order chi connectivity index (χ0) is 16.8. The summed E-state index contributed by atoms with van der Waals surface area (Å²) in [6, 6.07) is 5.32. The Morgan fingerprint density at radius 3 is 2.87 bits per heavy atom. The molecule has 0 aliphatic carbocycles. The molecule has 0 fully saturated rings. The summed E-state index contributed by atoms with van der Waals surface area (Å²) in [5, 5.41) is 0. The van der Waals surface area contributed by atoms with Crippen LogP contribution in [0.4, 0.5) is 0 Å². The maximum Gasteiger partial charge on any atom is 0.337 e. The number of carbonyl (C=O) groups excluding carboxylic acids is 2. The van der Waals surface area contributed by atoms with Gasteiger partial charge in [-0.2, -0.15) is 4.99 Å². The average Bonchev–Trinajstić information content (AvgIpc) is 2.89. The molecule has 0 N–H and O–H groups in total. The van der Waals surface area contributed by atoms with E-state index in [1.807, 2.05) is 17.6 Å². The van der Waals surface area contributed by atoms with E-state index in [-0.39, 0.29) is 11.9 Å². The molecule has 2 rings (SSSR count). The van der Waals surface area contributed by atoms with Gasteiger partial charge in [-0.15, -0.1) is 6.58 Å². The zero-order valence-electron chi connectivity index (χ0n) is 13.4. The fraction of sp³-hybridized carbons (Fsp3) is 0.353. The molecule has 6 heteroatoms. The van der Waals surface area contributed by atoms with Gasteiger partial charge in [0.25, 0.3) is 0 Å². The van der Waals surface area contributed by atoms with Gasteiger partial charge in [-0.3, -0.25) is 4.79 Å². The number of unbranched alkanes of at least 4 members (excludes halogenated alkanes) is 1. The lowest BCUT2D eigenvalue weighted by Crippen LogP contribution is -2.16. The van der Waals surface area contributed by atoms with E-state index in [4.69, 9.17) is 4.74 Å². The lowest BCUT2D eigenvalue weighted by Gasteiger charge is -2.02. The number of amides is 1. The summed E-state index contributed by atoms with van der Waals surface area (Å²) in [7, 11) is 1.35. The first kappa shape index (κ1) is 17.1. The molecule has 0 spiro atoms. The monoisotopic (exact) mass is 332 g/mol. The summed E-state index contributed by atoms with van der Waals surface area (Å²) in [6.07, 6.45) is 4.01. The smallest absolute Gasteiger partial charge is 0.337 e. The van der Waals surface area contributed by atoms with Gasteiger partial charge < -0.3 is 9.30 Å². The van der Waals surface area contributed by atoms with E-state index in [2.05, 4.69) is 11.6 Å². The summed E-state index contributed by atoms with van der Waals surface area (Å²) in [6.45, 7) is 6.35. The number of carbonyl (C=O) groups is 2. The fourth-order valence-corrected chi connectivity index (χ4v) is 3.30. The van der Waals surface area contributed by atoms with E-state index in [9.17, 15) is 9.59 Å². The lowest BCUT2D eigenvalue weighted by molar-refractivity contribution is -0.118. The van der Waals surface area contributed by atoms with Gasteiger partial charge >= 0.3 is 5.97 Å². The molecule has 2 aromatic rings. The minimum absolute atomic E-state index is 0.121. The van der Waals surface area contributed by atoms with E-state index >= 15 is 0 Å². The van der Waals surface area contributed by atoms with Crippen LogP contribution in [0.15, 0.2) is 35.8 Å². The molecule has 23 heavy (non-hydrogen) atoms. The Labute approximate surface area is 138 Å². The number of benzene rings is 1. The third-order valence-corrected chi connectivity index (χ3v) is 4.42. The van der Waals surface area contributed by atoms with Crippen molar-refractivity contribution in [3.8, 4) is 0 Å². The molecule has 5 nitrogen and oxygen atoms in total. The Hall–Kier alpha value is -2.21. The van der Waals surface area contributed by atoms with Crippen molar-refractivity contribution in [3.05, 3.63) is 41.2 Å². The molecule has 122 valence electrons. The first-order valence-corrected chi connectivity index (χ1v) is 8.32. The molecule has 0 saturated heterocycles. The van der Waals surface area contributed by atoms with Gasteiger partial charge in [0.15, 0.2) is 4.80 Å². The van der Waals surface area contributed by atoms with Crippen LogP contribution in [0.3, 0.4) is 0 Å². The van der Waals surface area contributed by atoms with Crippen LogP contribution in [0, 0.1) is 0 Å². The molecule has 1 amide bonds. The van der Waals surface area contributed by atoms with Crippen LogP contribution in [0.25, 0.3) is 10.2 Å². The van der Waals surface area contributed by atoms with Gasteiger partial charge in [0, 0.05) is 13.0 Å². The number of hydrogen-bond donors (Lipinski definition) is 0. The molecular weight excluding hydrogens is 312 g/mol. The molecular formula is C17H20N2O3S. The van der Waals surface area contributed by atoms with E-state index in [0.717, 1.165) is 23.1 Å². The van der Waals surface area contributed by atoms with Crippen LogP contribution in [0.5, 0.6) is 0 Å². The van der Waals surface area contributed by atoms with Crippen LogP contribution < -0.4 is 4.80 Å². The predicted octanol–water partition coefficient (Wildman–Crippen LogP) is 3.29. The number of aromatic nitrogens is 1. The summed E-state index contributed by atoms with van der Waals surface area (Å²) in [4.78, 5) is 28.5. The summed E-state index contributed by atoms with van der Waals surface area (Å²) >= 11 is 1.39. The molecule has 1 aromatic heterocycles. The predicted molar refractivity (Wildman–Crippen MR) is 91.4 cm³/mol. The van der Waals surface area contributed by atoms with Crippen molar-refractivity contribution in [2.24, 2.45) is 4.99 Å². The Kier molecular flexibility index (Phi) is 5.87. The van der Waals surface area contributed by atoms with Crippen molar-refractivity contribution < 1.29 is 14.3 Å². The fourth-order valence-electron chi connectivity index (χ4n) is 2.20. The highest BCUT2D eigenvalue weighted by atomic mass is 32.1. The van der Waals surface area contributed by atoms with Crippen LogP contribution in [0.1, 0.15) is 36.5 Å². The number of rotatable bonds is 6. The number of ether oxygens (including phenoxy) is 1. The second-order valence-electron chi connectivity index (χ2n) is 5.07. The standard InChI is InChI=1S/C17H20N2O3S/c1-4-6-7-15(20)18-17-19(10-5-2)13-9-8-12(16(21)22-3)11-14(13)23-17/h5,8-9,11H,2,4,6-7,10H2,1,3H3. The van der Waals surface area contributed by atoms with Crippen LogP contribution in [-0.4, -0.2) is 23.6 Å². The number of esters is 1. The SMILES string of the molecule is C=CCn1c(=NC(=O)CCCC)sc2cc(C(=O)OC)ccc21. The Bertz CT molecular complexity index is 802. The normalized spacial score (nSPS) is 11.7. The molecule has 0 aliphatic heterocycles. The van der Waals surface area contributed by atoms with E-state index < -0.39 is 0 Å². The quantitative estimate of drug-likeness (QED) is 0.602. The number of methoxy groups -OCH3 is 1. The van der Waals surface area contributed by atoms with Gasteiger partial charge in [0.2, 0.25) is 5.91 Å². The van der Waals surface area contributed by atoms with Crippen molar-refractivity contribution >= 4 is 33.4 Å². The Morgan fingerprint density at radius 1 is 1.43 bits per heavy atom. The molecule has 1 aromatic carbocycles. The maximum atomic E-state index is 12.0. The van der Waals surface area contributed by atoms with Crippen molar-refractivity contribution in [3.63, 3.8) is 0 Å². The molecule has 0 saturated carbocycles. The number of nitrogens with zero attached hydrogens (tertiary/aromatic N) is 2. The number of allylic oxidation sites excluding steroid dienone is 1. The third kappa shape index (κ3) is 3.96. The largest absolute Gasteiger partial charge is 0.465 e. The van der Waals surface area contributed by atoms with Crippen LogP contribution >= 0.6 is 11.3 Å². The Balaban J connectivity index is 2.53. The highest BCUT2D eigenvalue weighted by molar-refractivity contribution is 7.16. The topological polar surface area (TPSA) is 60.7 Å². The zero-order valence-corrected chi connectivity index (χ0v) is 14.2. The van der Waals surface area contributed by atoms with Crippen molar-refractivity contribution in [1.82, 2.24) is 4.57 Å². The summed E-state index contributed by atoms with van der Waals surface area (Å²) in [5.74, 6) is -0.502. The molecule has 0 radical (unpaired) electrons. The lowest BCUT2D eigenvalue weighted by atomic mass is 10.2. The van der Waals surface area contributed by atoms with Gasteiger partial charge in [-0.05, 0) is 24.6 Å². The van der Waals surface area contributed by atoms with Crippen LogP contribution in [-0.2, 0) is 16.1 Å². The van der Waals surface area contributed by atoms with E-state index in [0.29, 0.717) is 23.3 Å². The number of fused-ring (bicyclic) bond motifs is 1. The first-order chi connectivity index (χ1) is 11.1. The van der Waals surface area contributed by atoms with E-state index in [1.165, 1.54) is 18.4 Å². The van der Waals surface area contributed by atoms with Gasteiger partial charge in [-0.25, -0.2) is 4.79 Å². The van der Waals surface area contributed by atoms with Crippen molar-refractivity contribution in [2.75, 3.05) is 7.11 Å². The first-order valence-electron chi connectivity index (χ1n) is 7.50. The summed E-state index contributed by atoms with van der Waals surface area (Å²) < 4.78 is 7.56. The number of thiazole rings is 1.